The SMILES string of the molecule is N#Cc1cc(O)ccc1OC1CCCCC1. The number of phenols is 1. The normalized spacial score (nSPS) is 16.7. The smallest absolute Gasteiger partial charge is 0.137 e. The first-order valence-electron chi connectivity index (χ1n) is 5.69. The van der Waals surface area contributed by atoms with Crippen LogP contribution in [-0.4, -0.2) is 11.2 Å². The summed E-state index contributed by atoms with van der Waals surface area (Å²) in [4.78, 5) is 0. The molecule has 0 unspecified atom stereocenters. The summed E-state index contributed by atoms with van der Waals surface area (Å²) < 4.78 is 5.80. The van der Waals surface area contributed by atoms with Crippen LogP contribution in [-0.2, 0) is 0 Å². The van der Waals surface area contributed by atoms with Gasteiger partial charge in [-0.05, 0) is 37.8 Å². The maximum atomic E-state index is 9.27. The second-order valence-electron chi connectivity index (χ2n) is 4.17. The molecule has 3 nitrogen and oxygen atoms in total. The number of benzene rings is 1. The molecule has 0 heterocycles. The minimum Gasteiger partial charge on any atom is -0.508 e. The largest absolute Gasteiger partial charge is 0.508 e. The van der Waals surface area contributed by atoms with Crippen molar-refractivity contribution >= 4 is 0 Å². The van der Waals surface area contributed by atoms with Gasteiger partial charge in [0.15, 0.2) is 0 Å². The first kappa shape index (κ1) is 10.8. The average molecular weight is 217 g/mol. The zero-order valence-corrected chi connectivity index (χ0v) is 9.15. The van der Waals surface area contributed by atoms with Crippen molar-refractivity contribution in [2.45, 2.75) is 38.2 Å². The van der Waals surface area contributed by atoms with E-state index in [9.17, 15) is 5.11 Å². The second-order valence-corrected chi connectivity index (χ2v) is 4.17. The van der Waals surface area contributed by atoms with E-state index in [1.54, 1.807) is 12.1 Å². The molecule has 0 bridgehead atoms. The third-order valence-corrected chi connectivity index (χ3v) is 2.93. The van der Waals surface area contributed by atoms with Crippen molar-refractivity contribution < 1.29 is 9.84 Å². The molecule has 1 aliphatic rings. The Morgan fingerprint density at radius 2 is 2.00 bits per heavy atom. The van der Waals surface area contributed by atoms with E-state index in [1.165, 1.54) is 25.3 Å². The predicted octanol–water partition coefficient (Wildman–Crippen LogP) is 2.98. The van der Waals surface area contributed by atoms with E-state index in [4.69, 9.17) is 10.00 Å². The summed E-state index contributed by atoms with van der Waals surface area (Å²) in [5.74, 6) is 0.694. The van der Waals surface area contributed by atoms with Crippen molar-refractivity contribution in [3.05, 3.63) is 23.8 Å². The summed E-state index contributed by atoms with van der Waals surface area (Å²) in [7, 11) is 0. The lowest BCUT2D eigenvalue weighted by molar-refractivity contribution is 0.154. The van der Waals surface area contributed by atoms with Gasteiger partial charge in [0.1, 0.15) is 17.6 Å². The Hall–Kier alpha value is -1.69. The van der Waals surface area contributed by atoms with Crippen LogP contribution >= 0.6 is 0 Å². The maximum Gasteiger partial charge on any atom is 0.137 e. The van der Waals surface area contributed by atoms with Crippen molar-refractivity contribution in [1.82, 2.24) is 0 Å². The van der Waals surface area contributed by atoms with Crippen molar-refractivity contribution in [2.24, 2.45) is 0 Å². The molecule has 0 atom stereocenters. The van der Waals surface area contributed by atoms with Crippen molar-refractivity contribution in [2.75, 3.05) is 0 Å². The van der Waals surface area contributed by atoms with E-state index in [1.807, 2.05) is 6.07 Å². The topological polar surface area (TPSA) is 53.2 Å². The number of nitrogens with zero attached hydrogens (tertiary/aromatic N) is 1. The van der Waals surface area contributed by atoms with Gasteiger partial charge in [0.05, 0.1) is 11.7 Å². The molecule has 0 aromatic heterocycles. The monoisotopic (exact) mass is 217 g/mol. The van der Waals surface area contributed by atoms with Crippen molar-refractivity contribution in [3.63, 3.8) is 0 Å². The fourth-order valence-electron chi connectivity index (χ4n) is 2.07. The third kappa shape index (κ3) is 2.46. The Bertz CT molecular complexity index is 403. The van der Waals surface area contributed by atoms with Crippen LogP contribution in [0.3, 0.4) is 0 Å². The highest BCUT2D eigenvalue weighted by atomic mass is 16.5. The van der Waals surface area contributed by atoms with Crippen LogP contribution in [0.15, 0.2) is 18.2 Å². The second kappa shape index (κ2) is 4.89. The molecular formula is C13H15NO2. The van der Waals surface area contributed by atoms with Crippen LogP contribution in [0.25, 0.3) is 0 Å². The molecule has 84 valence electrons. The van der Waals surface area contributed by atoms with Crippen LogP contribution in [0.2, 0.25) is 0 Å². The lowest BCUT2D eigenvalue weighted by Gasteiger charge is -2.23. The highest BCUT2D eigenvalue weighted by Gasteiger charge is 2.16. The lowest BCUT2D eigenvalue weighted by Crippen LogP contribution is -2.20. The summed E-state index contributed by atoms with van der Waals surface area (Å²) in [5, 5.41) is 18.2. The molecule has 1 saturated carbocycles. The van der Waals surface area contributed by atoms with E-state index < -0.39 is 0 Å². The quantitative estimate of drug-likeness (QED) is 0.828. The Morgan fingerprint density at radius 3 is 2.69 bits per heavy atom. The lowest BCUT2D eigenvalue weighted by atomic mass is 9.98. The Labute approximate surface area is 95.3 Å². The Balaban J connectivity index is 2.11. The average Bonchev–Trinajstić information content (AvgIpc) is 2.33. The number of hydrogen-bond donors (Lipinski definition) is 1. The molecule has 2 rings (SSSR count). The Kier molecular flexibility index (Phi) is 3.31. The summed E-state index contributed by atoms with van der Waals surface area (Å²) in [6.07, 6.45) is 6.03. The molecule has 0 aliphatic heterocycles. The fraction of sp³-hybridized carbons (Fsp3) is 0.462. The van der Waals surface area contributed by atoms with E-state index in [0.29, 0.717) is 11.3 Å². The molecular weight excluding hydrogens is 202 g/mol. The molecule has 3 heteroatoms. The van der Waals surface area contributed by atoms with Gasteiger partial charge in [-0.3, -0.25) is 0 Å². The molecule has 1 aliphatic carbocycles. The molecule has 1 fully saturated rings. The third-order valence-electron chi connectivity index (χ3n) is 2.93. The van der Waals surface area contributed by atoms with Crippen molar-refractivity contribution in [1.29, 1.82) is 5.26 Å². The molecule has 0 spiro atoms. The molecule has 1 aromatic carbocycles. The zero-order valence-electron chi connectivity index (χ0n) is 9.15. The molecule has 1 aromatic rings. The minimum atomic E-state index is 0.104. The first-order chi connectivity index (χ1) is 7.79. The summed E-state index contributed by atoms with van der Waals surface area (Å²) in [6.45, 7) is 0. The van der Waals surface area contributed by atoms with Crippen LogP contribution < -0.4 is 4.74 Å². The van der Waals surface area contributed by atoms with Crippen LogP contribution in [0, 0.1) is 11.3 Å². The zero-order chi connectivity index (χ0) is 11.4. The van der Waals surface area contributed by atoms with Gasteiger partial charge in [-0.15, -0.1) is 0 Å². The standard InChI is InChI=1S/C13H15NO2/c14-9-10-8-11(15)6-7-13(10)16-12-4-2-1-3-5-12/h6-8,12,15H,1-5H2. The van der Waals surface area contributed by atoms with Gasteiger partial charge in [-0.25, -0.2) is 0 Å². The Morgan fingerprint density at radius 1 is 1.25 bits per heavy atom. The predicted molar refractivity (Wildman–Crippen MR) is 60.3 cm³/mol. The summed E-state index contributed by atoms with van der Waals surface area (Å²) in [6, 6.07) is 6.71. The van der Waals surface area contributed by atoms with Gasteiger partial charge in [0, 0.05) is 6.07 Å². The number of nitriles is 1. The fourth-order valence-corrected chi connectivity index (χ4v) is 2.07. The summed E-state index contributed by atoms with van der Waals surface area (Å²) in [5.41, 5.74) is 0.408. The van der Waals surface area contributed by atoms with Gasteiger partial charge in [0.2, 0.25) is 0 Å². The van der Waals surface area contributed by atoms with Crippen LogP contribution in [0.4, 0.5) is 0 Å². The number of rotatable bonds is 2. The number of ether oxygens (including phenoxy) is 1. The number of phenolic OH excluding ortho intramolecular Hbond substituents is 1. The van der Waals surface area contributed by atoms with Crippen molar-refractivity contribution in [3.8, 4) is 17.6 Å². The molecule has 0 amide bonds. The number of hydrogen-bond acceptors (Lipinski definition) is 3. The highest BCUT2D eigenvalue weighted by molar-refractivity contribution is 5.47. The van der Waals surface area contributed by atoms with Gasteiger partial charge in [-0.1, -0.05) is 6.42 Å². The van der Waals surface area contributed by atoms with Gasteiger partial charge >= 0.3 is 0 Å². The van der Waals surface area contributed by atoms with Gasteiger partial charge in [-0.2, -0.15) is 5.26 Å². The van der Waals surface area contributed by atoms with E-state index in [2.05, 4.69) is 0 Å². The molecule has 0 saturated heterocycles. The van der Waals surface area contributed by atoms with Crippen LogP contribution in [0.5, 0.6) is 11.5 Å². The first-order valence-corrected chi connectivity index (χ1v) is 5.69. The van der Waals surface area contributed by atoms with E-state index >= 15 is 0 Å². The van der Waals surface area contributed by atoms with Gasteiger partial charge < -0.3 is 9.84 Å². The maximum absolute atomic E-state index is 9.27. The minimum absolute atomic E-state index is 0.104. The van der Waals surface area contributed by atoms with E-state index in [-0.39, 0.29) is 11.9 Å². The van der Waals surface area contributed by atoms with Gasteiger partial charge in [0.25, 0.3) is 0 Å². The molecule has 1 N–H and O–H groups in total. The van der Waals surface area contributed by atoms with Crippen LogP contribution in [0.1, 0.15) is 37.7 Å². The van der Waals surface area contributed by atoms with E-state index in [0.717, 1.165) is 12.8 Å². The highest BCUT2D eigenvalue weighted by Crippen LogP contribution is 2.27. The number of aromatic hydroxyl groups is 1. The molecule has 16 heavy (non-hydrogen) atoms. The summed E-state index contributed by atoms with van der Waals surface area (Å²) >= 11 is 0. The molecule has 0 radical (unpaired) electrons.